The highest BCUT2D eigenvalue weighted by molar-refractivity contribution is 6.30. The zero-order chi connectivity index (χ0) is 25.9. The number of nitrogens with zero attached hydrogens (tertiary/aromatic N) is 8. The molecular weight excluding hydrogens is 492 g/mol. The fourth-order valence-electron chi connectivity index (χ4n) is 5.09. The first kappa shape index (κ1) is 25.1. The monoisotopic (exact) mass is 520 g/mol. The summed E-state index contributed by atoms with van der Waals surface area (Å²) in [6.07, 6.45) is 3.22. The third-order valence-corrected chi connectivity index (χ3v) is 7.26. The van der Waals surface area contributed by atoms with Gasteiger partial charge in [0.15, 0.2) is 11.5 Å². The van der Waals surface area contributed by atoms with Gasteiger partial charge in [0.2, 0.25) is 5.91 Å². The molecule has 3 aromatic rings. The number of carbonyl (C=O) groups is 1. The van der Waals surface area contributed by atoms with E-state index < -0.39 is 6.10 Å². The van der Waals surface area contributed by atoms with Crippen molar-refractivity contribution in [2.45, 2.75) is 32.5 Å². The fraction of sp³-hybridized carbons (Fsp3) is 0.423. The van der Waals surface area contributed by atoms with E-state index in [-0.39, 0.29) is 5.91 Å². The summed E-state index contributed by atoms with van der Waals surface area (Å²) in [5.74, 6) is 0.658. The minimum absolute atomic E-state index is 0.0445. The normalized spacial score (nSPS) is 16.8. The van der Waals surface area contributed by atoms with Crippen molar-refractivity contribution in [1.82, 2.24) is 29.5 Å². The van der Waals surface area contributed by atoms with E-state index >= 15 is 0 Å². The number of piperazine rings is 1. The van der Waals surface area contributed by atoms with Gasteiger partial charge < -0.3 is 14.9 Å². The molecule has 1 amide bonds. The summed E-state index contributed by atoms with van der Waals surface area (Å²) in [5.41, 5.74) is 4.20. The first-order valence-electron chi connectivity index (χ1n) is 12.4. The lowest BCUT2D eigenvalue weighted by Crippen LogP contribution is -2.49. The molecule has 2 aliphatic rings. The Morgan fingerprint density at radius 2 is 1.84 bits per heavy atom. The van der Waals surface area contributed by atoms with Gasteiger partial charge in [-0.1, -0.05) is 23.7 Å². The second-order valence-corrected chi connectivity index (χ2v) is 9.87. The van der Waals surface area contributed by atoms with Gasteiger partial charge in [-0.3, -0.25) is 14.4 Å². The van der Waals surface area contributed by atoms with Gasteiger partial charge in [0.1, 0.15) is 6.07 Å². The summed E-state index contributed by atoms with van der Waals surface area (Å²) in [5, 5.41) is 25.9. The summed E-state index contributed by atoms with van der Waals surface area (Å²) in [6, 6.07) is 9.65. The SMILES string of the molecule is CC(=O)N1CCc2c(c(-c3ccc(Cl)cc3)nn2CC(O)CN2CCN(c3nccnc3C#N)CC2)C1. The van der Waals surface area contributed by atoms with Crippen molar-refractivity contribution < 1.29 is 9.90 Å². The van der Waals surface area contributed by atoms with Crippen molar-refractivity contribution in [3.8, 4) is 17.3 Å². The van der Waals surface area contributed by atoms with Crippen LogP contribution >= 0.6 is 11.6 Å². The number of fused-ring (bicyclic) bond motifs is 1. The Labute approximate surface area is 220 Å². The zero-order valence-electron chi connectivity index (χ0n) is 20.7. The number of carbonyl (C=O) groups excluding carboxylic acids is 1. The molecule has 2 aliphatic heterocycles. The second kappa shape index (κ2) is 10.8. The van der Waals surface area contributed by atoms with Crippen LogP contribution < -0.4 is 4.90 Å². The Kier molecular flexibility index (Phi) is 7.37. The Hall–Kier alpha value is -3.52. The molecule has 37 heavy (non-hydrogen) atoms. The van der Waals surface area contributed by atoms with E-state index in [0.717, 1.165) is 35.6 Å². The van der Waals surface area contributed by atoms with Gasteiger partial charge in [0, 0.05) is 93.4 Å². The summed E-state index contributed by atoms with van der Waals surface area (Å²) >= 11 is 6.09. The van der Waals surface area contributed by atoms with Crippen molar-refractivity contribution in [1.29, 1.82) is 5.26 Å². The maximum absolute atomic E-state index is 12.1. The second-order valence-electron chi connectivity index (χ2n) is 9.44. The molecule has 0 bridgehead atoms. The van der Waals surface area contributed by atoms with Gasteiger partial charge in [0.25, 0.3) is 0 Å². The minimum atomic E-state index is -0.606. The Balaban J connectivity index is 1.27. The molecule has 0 saturated carbocycles. The third kappa shape index (κ3) is 5.44. The van der Waals surface area contributed by atoms with Crippen LogP contribution in [0.4, 0.5) is 5.82 Å². The zero-order valence-corrected chi connectivity index (χ0v) is 21.5. The molecular formula is C26H29ClN8O2. The number of hydrogen-bond donors (Lipinski definition) is 1. The topological polar surface area (TPSA) is 114 Å². The van der Waals surface area contributed by atoms with Crippen LogP contribution in [0, 0.1) is 11.3 Å². The molecule has 1 atom stereocenters. The maximum Gasteiger partial charge on any atom is 0.219 e. The molecule has 2 aromatic heterocycles. The molecule has 1 unspecified atom stereocenters. The largest absolute Gasteiger partial charge is 0.390 e. The highest BCUT2D eigenvalue weighted by Gasteiger charge is 2.28. The van der Waals surface area contributed by atoms with E-state index in [1.807, 2.05) is 33.8 Å². The Morgan fingerprint density at radius 1 is 1.11 bits per heavy atom. The van der Waals surface area contributed by atoms with Crippen LogP contribution in [-0.2, 0) is 24.3 Å². The highest BCUT2D eigenvalue weighted by Crippen LogP contribution is 2.31. The van der Waals surface area contributed by atoms with E-state index in [0.29, 0.717) is 62.2 Å². The van der Waals surface area contributed by atoms with Gasteiger partial charge in [-0.2, -0.15) is 10.4 Å². The molecule has 5 rings (SSSR count). The smallest absolute Gasteiger partial charge is 0.219 e. The lowest BCUT2D eigenvalue weighted by molar-refractivity contribution is -0.129. The molecule has 1 N–H and O–H groups in total. The van der Waals surface area contributed by atoms with Crippen LogP contribution in [0.3, 0.4) is 0 Å². The van der Waals surface area contributed by atoms with Gasteiger partial charge in [-0.25, -0.2) is 9.97 Å². The predicted octanol–water partition coefficient (Wildman–Crippen LogP) is 1.95. The van der Waals surface area contributed by atoms with Crippen molar-refractivity contribution >= 4 is 23.3 Å². The Morgan fingerprint density at radius 3 is 2.54 bits per heavy atom. The van der Waals surface area contributed by atoms with E-state index in [4.69, 9.17) is 16.7 Å². The van der Waals surface area contributed by atoms with Gasteiger partial charge in [0.05, 0.1) is 18.3 Å². The molecule has 10 nitrogen and oxygen atoms in total. The van der Waals surface area contributed by atoms with E-state index in [1.54, 1.807) is 13.1 Å². The molecule has 0 aliphatic carbocycles. The first-order chi connectivity index (χ1) is 17.9. The van der Waals surface area contributed by atoms with Crippen molar-refractivity contribution in [3.05, 3.63) is 58.6 Å². The van der Waals surface area contributed by atoms with Crippen LogP contribution in [0.25, 0.3) is 11.3 Å². The Bertz CT molecular complexity index is 1310. The number of nitriles is 1. The summed E-state index contributed by atoms with van der Waals surface area (Å²) in [7, 11) is 0. The average molecular weight is 521 g/mol. The summed E-state index contributed by atoms with van der Waals surface area (Å²) in [6.45, 7) is 6.54. The molecule has 1 aromatic carbocycles. The minimum Gasteiger partial charge on any atom is -0.390 e. The summed E-state index contributed by atoms with van der Waals surface area (Å²) < 4.78 is 1.91. The summed E-state index contributed by atoms with van der Waals surface area (Å²) in [4.78, 5) is 26.6. The van der Waals surface area contributed by atoms with Crippen molar-refractivity contribution in [3.63, 3.8) is 0 Å². The molecule has 1 saturated heterocycles. The number of aliphatic hydroxyl groups excluding tert-OH is 1. The maximum atomic E-state index is 12.1. The quantitative estimate of drug-likeness (QED) is 0.524. The standard InChI is InChI=1S/C26H29ClN8O2/c1-18(36)34-9-6-24-22(17-34)25(19-2-4-20(27)5-3-19)31-35(24)16-21(37)15-32-10-12-33(13-11-32)26-23(14-28)29-7-8-30-26/h2-5,7-8,21,37H,6,9-13,15-17H2,1H3. The lowest BCUT2D eigenvalue weighted by atomic mass is 10.0. The molecule has 11 heteroatoms. The molecule has 192 valence electrons. The number of benzene rings is 1. The van der Waals surface area contributed by atoms with E-state index in [1.165, 1.54) is 6.20 Å². The number of aliphatic hydroxyl groups is 1. The lowest BCUT2D eigenvalue weighted by Gasteiger charge is -2.36. The molecule has 0 spiro atoms. The van der Waals surface area contributed by atoms with E-state index in [2.05, 4.69) is 25.8 Å². The third-order valence-electron chi connectivity index (χ3n) is 7.01. The van der Waals surface area contributed by atoms with Crippen LogP contribution in [0.1, 0.15) is 23.9 Å². The first-order valence-corrected chi connectivity index (χ1v) is 12.8. The number of hydrogen-bond acceptors (Lipinski definition) is 8. The van der Waals surface area contributed by atoms with Crippen LogP contribution in [-0.4, -0.2) is 85.9 Å². The van der Waals surface area contributed by atoms with Crippen molar-refractivity contribution in [2.24, 2.45) is 0 Å². The number of halogens is 1. The molecule has 1 fully saturated rings. The van der Waals surface area contributed by atoms with Crippen LogP contribution in [0.5, 0.6) is 0 Å². The highest BCUT2D eigenvalue weighted by atomic mass is 35.5. The van der Waals surface area contributed by atoms with Gasteiger partial charge >= 0.3 is 0 Å². The average Bonchev–Trinajstić information content (AvgIpc) is 3.26. The van der Waals surface area contributed by atoms with Gasteiger partial charge in [-0.05, 0) is 12.1 Å². The van der Waals surface area contributed by atoms with Crippen LogP contribution in [0.15, 0.2) is 36.7 Å². The van der Waals surface area contributed by atoms with Crippen molar-refractivity contribution in [2.75, 3.05) is 44.2 Å². The number of rotatable bonds is 6. The number of amides is 1. The number of anilines is 1. The molecule has 4 heterocycles. The van der Waals surface area contributed by atoms with E-state index in [9.17, 15) is 15.2 Å². The molecule has 0 radical (unpaired) electrons. The number of β-amino-alcohol motifs (C(OH)–C–C–N with tert-alkyl or cyclic N) is 1. The number of aromatic nitrogens is 4. The predicted molar refractivity (Wildman–Crippen MR) is 139 cm³/mol. The van der Waals surface area contributed by atoms with Gasteiger partial charge in [-0.15, -0.1) is 0 Å². The fourth-order valence-corrected chi connectivity index (χ4v) is 5.21. The van der Waals surface area contributed by atoms with Crippen LogP contribution in [0.2, 0.25) is 5.02 Å².